The summed E-state index contributed by atoms with van der Waals surface area (Å²) in [4.78, 5) is 26.2. The molecule has 0 aliphatic carbocycles. The summed E-state index contributed by atoms with van der Waals surface area (Å²) in [7, 11) is 3.64. The van der Waals surface area contributed by atoms with Crippen molar-refractivity contribution in [2.24, 2.45) is 13.0 Å². The number of carbonyl (C=O) groups is 2. The molecule has 1 aromatic heterocycles. The van der Waals surface area contributed by atoms with Gasteiger partial charge in [0.05, 0.1) is 6.20 Å². The van der Waals surface area contributed by atoms with Gasteiger partial charge in [0.1, 0.15) is 0 Å². The van der Waals surface area contributed by atoms with Crippen LogP contribution in [-0.4, -0.2) is 33.5 Å². The molecule has 1 aromatic carbocycles. The van der Waals surface area contributed by atoms with Crippen molar-refractivity contribution in [1.29, 1.82) is 0 Å². The third kappa shape index (κ3) is 3.64. The van der Waals surface area contributed by atoms with Crippen molar-refractivity contribution < 1.29 is 9.59 Å². The van der Waals surface area contributed by atoms with Crippen LogP contribution in [0.1, 0.15) is 24.0 Å². The van der Waals surface area contributed by atoms with E-state index in [0.29, 0.717) is 25.8 Å². The molecule has 6 nitrogen and oxygen atoms in total. The largest absolute Gasteiger partial charge is 0.341 e. The molecule has 1 unspecified atom stereocenters. The molecule has 1 N–H and O–H groups in total. The zero-order valence-electron chi connectivity index (χ0n) is 14.0. The molecule has 126 valence electrons. The number of rotatable bonds is 5. The van der Waals surface area contributed by atoms with Crippen molar-refractivity contribution in [3.8, 4) is 0 Å². The molecule has 0 spiro atoms. The summed E-state index contributed by atoms with van der Waals surface area (Å²) in [6.45, 7) is 0.534. The Hall–Kier alpha value is -2.63. The summed E-state index contributed by atoms with van der Waals surface area (Å²) >= 11 is 0. The van der Waals surface area contributed by atoms with Crippen LogP contribution >= 0.6 is 0 Å². The van der Waals surface area contributed by atoms with Gasteiger partial charge in [0, 0.05) is 50.4 Å². The Morgan fingerprint density at radius 2 is 2.21 bits per heavy atom. The normalized spacial score (nSPS) is 16.4. The maximum Gasteiger partial charge on any atom is 0.227 e. The zero-order chi connectivity index (χ0) is 17.1. The maximum atomic E-state index is 12.3. The molecule has 2 heterocycles. The summed E-state index contributed by atoms with van der Waals surface area (Å²) < 4.78 is 1.72. The topological polar surface area (TPSA) is 67.2 Å². The first-order valence-electron chi connectivity index (χ1n) is 8.13. The Balaban J connectivity index is 1.53. The third-order valence-electron chi connectivity index (χ3n) is 4.42. The van der Waals surface area contributed by atoms with Crippen molar-refractivity contribution in [3.05, 3.63) is 47.8 Å². The Labute approximate surface area is 141 Å². The maximum absolute atomic E-state index is 12.3. The predicted molar refractivity (Wildman–Crippen MR) is 91.2 cm³/mol. The Kier molecular flexibility index (Phi) is 4.64. The second-order valence-electron chi connectivity index (χ2n) is 6.36. The fourth-order valence-electron chi connectivity index (χ4n) is 3.05. The number of hydrogen-bond donors (Lipinski definition) is 1. The number of nitrogens with one attached hydrogen (secondary N) is 1. The van der Waals surface area contributed by atoms with Crippen LogP contribution in [0, 0.1) is 5.92 Å². The lowest BCUT2D eigenvalue weighted by Gasteiger charge is -2.25. The number of aryl methyl sites for hydroxylation is 1. The summed E-state index contributed by atoms with van der Waals surface area (Å²) in [6, 6.07) is 7.82. The summed E-state index contributed by atoms with van der Waals surface area (Å²) in [5.41, 5.74) is 3.02. The van der Waals surface area contributed by atoms with Gasteiger partial charge in [0.25, 0.3) is 0 Å². The molecular formula is C18H22N4O2. The minimum Gasteiger partial charge on any atom is -0.341 e. The Morgan fingerprint density at radius 3 is 2.96 bits per heavy atom. The smallest absolute Gasteiger partial charge is 0.227 e. The van der Waals surface area contributed by atoms with Crippen molar-refractivity contribution in [3.63, 3.8) is 0 Å². The van der Waals surface area contributed by atoms with Crippen molar-refractivity contribution in [1.82, 2.24) is 14.7 Å². The Morgan fingerprint density at radius 1 is 1.42 bits per heavy atom. The van der Waals surface area contributed by atoms with Crippen LogP contribution < -0.4 is 5.32 Å². The molecule has 1 aliphatic rings. The second kappa shape index (κ2) is 6.86. The summed E-state index contributed by atoms with van der Waals surface area (Å²) in [6.07, 6.45) is 5.29. The fourth-order valence-corrected chi connectivity index (χ4v) is 3.05. The molecule has 2 aromatic rings. The first-order chi connectivity index (χ1) is 11.5. The quantitative estimate of drug-likeness (QED) is 0.913. The highest BCUT2D eigenvalue weighted by Gasteiger charge is 2.26. The SMILES string of the molecule is CN(Cc1cnn(C)c1)C(=O)CCC1Cc2ccccc2NC1=O. The highest BCUT2D eigenvalue weighted by atomic mass is 16.2. The molecule has 0 bridgehead atoms. The lowest BCUT2D eigenvalue weighted by atomic mass is 9.89. The van der Waals surface area contributed by atoms with Gasteiger partial charge >= 0.3 is 0 Å². The molecule has 6 heteroatoms. The minimum atomic E-state index is -0.143. The first-order valence-corrected chi connectivity index (χ1v) is 8.13. The average molecular weight is 326 g/mol. The van der Waals surface area contributed by atoms with E-state index in [-0.39, 0.29) is 17.7 Å². The van der Waals surface area contributed by atoms with Crippen LogP contribution in [0.25, 0.3) is 0 Å². The van der Waals surface area contributed by atoms with Crippen LogP contribution in [0.5, 0.6) is 0 Å². The molecule has 0 saturated heterocycles. The molecule has 1 aliphatic heterocycles. The molecule has 0 radical (unpaired) electrons. The van der Waals surface area contributed by atoms with Crippen LogP contribution in [-0.2, 0) is 29.6 Å². The lowest BCUT2D eigenvalue weighted by molar-refractivity contribution is -0.131. The van der Waals surface area contributed by atoms with Gasteiger partial charge < -0.3 is 10.2 Å². The van der Waals surface area contributed by atoms with Crippen LogP contribution in [0.4, 0.5) is 5.69 Å². The number of nitrogens with zero attached hydrogens (tertiary/aromatic N) is 3. The third-order valence-corrected chi connectivity index (χ3v) is 4.42. The minimum absolute atomic E-state index is 0.0106. The Bertz CT molecular complexity index is 753. The number of hydrogen-bond acceptors (Lipinski definition) is 3. The van der Waals surface area contributed by atoms with E-state index in [9.17, 15) is 9.59 Å². The van der Waals surface area contributed by atoms with Crippen LogP contribution in [0.15, 0.2) is 36.7 Å². The summed E-state index contributed by atoms with van der Waals surface area (Å²) in [5.74, 6) is -0.0856. The van der Waals surface area contributed by atoms with Gasteiger partial charge in [-0.05, 0) is 24.5 Å². The van der Waals surface area contributed by atoms with E-state index in [1.807, 2.05) is 37.5 Å². The molecule has 0 saturated carbocycles. The molecule has 2 amide bonds. The standard InChI is InChI=1S/C18H22N4O2/c1-21(11-13-10-19-22(2)12-13)17(23)8-7-15-9-14-5-3-4-6-16(14)20-18(15)24/h3-6,10,12,15H,7-9,11H2,1-2H3,(H,20,24). The van der Waals surface area contributed by atoms with Gasteiger partial charge in [0.15, 0.2) is 0 Å². The van der Waals surface area contributed by atoms with Gasteiger partial charge in [-0.1, -0.05) is 18.2 Å². The van der Waals surface area contributed by atoms with Gasteiger partial charge in [-0.25, -0.2) is 0 Å². The molecule has 3 rings (SSSR count). The van der Waals surface area contributed by atoms with Gasteiger partial charge in [-0.2, -0.15) is 5.10 Å². The van der Waals surface area contributed by atoms with Crippen molar-refractivity contribution in [2.75, 3.05) is 12.4 Å². The fraction of sp³-hybridized carbons (Fsp3) is 0.389. The van der Waals surface area contributed by atoms with E-state index in [1.165, 1.54) is 0 Å². The summed E-state index contributed by atoms with van der Waals surface area (Å²) in [5, 5.41) is 7.04. The monoisotopic (exact) mass is 326 g/mol. The van der Waals surface area contributed by atoms with Crippen LogP contribution in [0.3, 0.4) is 0 Å². The van der Waals surface area contributed by atoms with E-state index < -0.39 is 0 Å². The lowest BCUT2D eigenvalue weighted by Crippen LogP contribution is -2.32. The van der Waals surface area contributed by atoms with E-state index in [1.54, 1.807) is 22.8 Å². The molecule has 0 fully saturated rings. The number of fused-ring (bicyclic) bond motifs is 1. The van der Waals surface area contributed by atoms with E-state index in [0.717, 1.165) is 16.8 Å². The second-order valence-corrected chi connectivity index (χ2v) is 6.36. The van der Waals surface area contributed by atoms with Gasteiger partial charge in [-0.3, -0.25) is 14.3 Å². The highest BCUT2D eigenvalue weighted by molar-refractivity contribution is 5.96. The predicted octanol–water partition coefficient (Wildman–Crippen LogP) is 1.97. The zero-order valence-corrected chi connectivity index (χ0v) is 14.0. The number of para-hydroxylation sites is 1. The van der Waals surface area contributed by atoms with Gasteiger partial charge in [-0.15, -0.1) is 0 Å². The number of carbonyl (C=O) groups excluding carboxylic acids is 2. The number of anilines is 1. The van der Waals surface area contributed by atoms with E-state index in [2.05, 4.69) is 10.4 Å². The molecule has 1 atom stereocenters. The highest BCUT2D eigenvalue weighted by Crippen LogP contribution is 2.27. The molecule has 24 heavy (non-hydrogen) atoms. The first kappa shape index (κ1) is 16.2. The van der Waals surface area contributed by atoms with Crippen molar-refractivity contribution in [2.45, 2.75) is 25.8 Å². The van der Waals surface area contributed by atoms with Gasteiger partial charge in [0.2, 0.25) is 11.8 Å². The van der Waals surface area contributed by atoms with E-state index >= 15 is 0 Å². The van der Waals surface area contributed by atoms with Crippen molar-refractivity contribution >= 4 is 17.5 Å². The molecular weight excluding hydrogens is 304 g/mol. The average Bonchev–Trinajstić information content (AvgIpc) is 2.97. The van der Waals surface area contributed by atoms with E-state index in [4.69, 9.17) is 0 Å². The van der Waals surface area contributed by atoms with Crippen LogP contribution in [0.2, 0.25) is 0 Å². The number of aromatic nitrogens is 2. The number of amides is 2. The number of benzene rings is 1.